The van der Waals surface area contributed by atoms with Crippen LogP contribution >= 0.6 is 0 Å². The molecule has 0 amide bonds. The van der Waals surface area contributed by atoms with Crippen LogP contribution in [-0.4, -0.2) is 29.1 Å². The van der Waals surface area contributed by atoms with E-state index in [4.69, 9.17) is 10.7 Å². The number of benzene rings is 1. The second-order valence-electron chi connectivity index (χ2n) is 5.48. The van der Waals surface area contributed by atoms with Crippen molar-refractivity contribution in [3.05, 3.63) is 30.0 Å². The molecular weight excluding hydrogens is 236 g/mol. The number of fused-ring (bicyclic) bond motifs is 1. The van der Waals surface area contributed by atoms with Gasteiger partial charge in [-0.3, -0.25) is 0 Å². The quantitative estimate of drug-likeness (QED) is 0.894. The van der Waals surface area contributed by atoms with E-state index in [1.54, 1.807) is 0 Å². The molecule has 4 heteroatoms. The molecule has 1 fully saturated rings. The number of nitrogens with zero attached hydrogens (tertiary/aromatic N) is 3. The predicted octanol–water partition coefficient (Wildman–Crippen LogP) is 2.11. The highest BCUT2D eigenvalue weighted by Gasteiger charge is 2.27. The summed E-state index contributed by atoms with van der Waals surface area (Å²) < 4.78 is 0. The first-order chi connectivity index (χ1) is 9.15. The summed E-state index contributed by atoms with van der Waals surface area (Å²) in [5, 5.41) is 0. The molecule has 2 unspecified atom stereocenters. The summed E-state index contributed by atoms with van der Waals surface area (Å²) >= 11 is 0. The molecule has 4 nitrogen and oxygen atoms in total. The highest BCUT2D eigenvalue weighted by molar-refractivity contribution is 5.76. The largest absolute Gasteiger partial charge is 0.355 e. The Labute approximate surface area is 113 Å². The third-order valence-corrected chi connectivity index (χ3v) is 3.99. The number of aromatic nitrogens is 2. The molecule has 3 rings (SSSR count). The number of hydrogen-bond acceptors (Lipinski definition) is 4. The Morgan fingerprint density at radius 3 is 2.58 bits per heavy atom. The topological polar surface area (TPSA) is 55.0 Å². The maximum atomic E-state index is 6.00. The minimum Gasteiger partial charge on any atom is -0.355 e. The summed E-state index contributed by atoms with van der Waals surface area (Å²) in [6.45, 7) is 6.15. The highest BCUT2D eigenvalue weighted by Crippen LogP contribution is 2.27. The first kappa shape index (κ1) is 12.4. The molecule has 2 aromatic rings. The number of para-hydroxylation sites is 2. The standard InChI is InChI=1S/C15H20N4/c1-10(16)12-7-8-19(9-12)15-11(2)17-13-5-3-4-6-14(13)18-15/h3-6,10,12H,7-9,16H2,1-2H3. The Balaban J connectivity index is 1.95. The maximum absolute atomic E-state index is 6.00. The Hall–Kier alpha value is -1.68. The van der Waals surface area contributed by atoms with Crippen LogP contribution in [0.15, 0.2) is 24.3 Å². The van der Waals surface area contributed by atoms with Gasteiger partial charge < -0.3 is 10.6 Å². The molecule has 0 radical (unpaired) electrons. The number of hydrogen-bond donors (Lipinski definition) is 1. The molecular formula is C15H20N4. The zero-order valence-corrected chi connectivity index (χ0v) is 11.5. The molecule has 0 aliphatic carbocycles. The summed E-state index contributed by atoms with van der Waals surface area (Å²) in [6, 6.07) is 8.28. The first-order valence-corrected chi connectivity index (χ1v) is 6.89. The van der Waals surface area contributed by atoms with Crippen molar-refractivity contribution in [2.45, 2.75) is 26.3 Å². The van der Waals surface area contributed by atoms with Gasteiger partial charge in [0, 0.05) is 19.1 Å². The smallest absolute Gasteiger partial charge is 0.150 e. The molecule has 1 saturated heterocycles. The van der Waals surface area contributed by atoms with Gasteiger partial charge in [-0.25, -0.2) is 9.97 Å². The fourth-order valence-corrected chi connectivity index (χ4v) is 2.79. The maximum Gasteiger partial charge on any atom is 0.150 e. The molecule has 0 spiro atoms. The third-order valence-electron chi connectivity index (χ3n) is 3.99. The van der Waals surface area contributed by atoms with Crippen molar-refractivity contribution >= 4 is 16.9 Å². The normalized spacial score (nSPS) is 21.0. The van der Waals surface area contributed by atoms with Crippen molar-refractivity contribution in [1.82, 2.24) is 9.97 Å². The molecule has 1 aliphatic rings. The van der Waals surface area contributed by atoms with Crippen molar-refractivity contribution in [2.75, 3.05) is 18.0 Å². The van der Waals surface area contributed by atoms with Crippen LogP contribution < -0.4 is 10.6 Å². The van der Waals surface area contributed by atoms with E-state index in [9.17, 15) is 0 Å². The van der Waals surface area contributed by atoms with Crippen molar-refractivity contribution in [3.8, 4) is 0 Å². The van der Waals surface area contributed by atoms with Crippen LogP contribution in [0.1, 0.15) is 19.0 Å². The summed E-state index contributed by atoms with van der Waals surface area (Å²) in [7, 11) is 0. The van der Waals surface area contributed by atoms with Gasteiger partial charge in [-0.2, -0.15) is 0 Å². The number of nitrogens with two attached hydrogens (primary N) is 1. The Bertz CT molecular complexity index is 594. The molecule has 2 atom stereocenters. The zero-order chi connectivity index (χ0) is 13.4. The zero-order valence-electron chi connectivity index (χ0n) is 11.5. The van der Waals surface area contributed by atoms with Gasteiger partial charge in [0.15, 0.2) is 5.82 Å². The lowest BCUT2D eigenvalue weighted by atomic mass is 10.0. The fraction of sp³-hybridized carbons (Fsp3) is 0.467. The third kappa shape index (κ3) is 2.28. The van der Waals surface area contributed by atoms with Crippen LogP contribution in [0.5, 0.6) is 0 Å². The lowest BCUT2D eigenvalue weighted by molar-refractivity contribution is 0.488. The first-order valence-electron chi connectivity index (χ1n) is 6.89. The van der Waals surface area contributed by atoms with Crippen molar-refractivity contribution < 1.29 is 0 Å². The van der Waals surface area contributed by atoms with Crippen LogP contribution in [0, 0.1) is 12.8 Å². The van der Waals surface area contributed by atoms with E-state index in [2.05, 4.69) is 16.8 Å². The van der Waals surface area contributed by atoms with E-state index >= 15 is 0 Å². The van der Waals surface area contributed by atoms with E-state index in [-0.39, 0.29) is 6.04 Å². The molecule has 0 bridgehead atoms. The number of rotatable bonds is 2. The van der Waals surface area contributed by atoms with Gasteiger partial charge >= 0.3 is 0 Å². The van der Waals surface area contributed by atoms with Crippen LogP contribution in [0.2, 0.25) is 0 Å². The van der Waals surface area contributed by atoms with Crippen molar-refractivity contribution in [3.63, 3.8) is 0 Å². The van der Waals surface area contributed by atoms with E-state index in [1.807, 2.05) is 31.2 Å². The second-order valence-corrected chi connectivity index (χ2v) is 5.48. The Morgan fingerprint density at radius 1 is 1.26 bits per heavy atom. The molecule has 2 heterocycles. The number of aryl methyl sites for hydroxylation is 1. The average molecular weight is 256 g/mol. The molecule has 2 N–H and O–H groups in total. The Morgan fingerprint density at radius 2 is 1.95 bits per heavy atom. The van der Waals surface area contributed by atoms with Crippen LogP contribution in [0.4, 0.5) is 5.82 Å². The van der Waals surface area contributed by atoms with Gasteiger partial charge in [0.1, 0.15) is 0 Å². The molecule has 100 valence electrons. The molecule has 19 heavy (non-hydrogen) atoms. The van der Waals surface area contributed by atoms with E-state index in [0.717, 1.165) is 42.1 Å². The van der Waals surface area contributed by atoms with Gasteiger partial charge in [-0.05, 0) is 38.3 Å². The predicted molar refractivity (Wildman–Crippen MR) is 78.2 cm³/mol. The van der Waals surface area contributed by atoms with Gasteiger partial charge in [-0.1, -0.05) is 12.1 Å². The fourth-order valence-electron chi connectivity index (χ4n) is 2.79. The SMILES string of the molecule is Cc1nc2ccccc2nc1N1CCC(C(C)N)C1. The summed E-state index contributed by atoms with van der Waals surface area (Å²) in [6.07, 6.45) is 1.14. The molecule has 0 saturated carbocycles. The Kier molecular flexibility index (Phi) is 3.11. The summed E-state index contributed by atoms with van der Waals surface area (Å²) in [5.74, 6) is 1.58. The van der Waals surface area contributed by atoms with Gasteiger partial charge in [0.2, 0.25) is 0 Å². The minimum atomic E-state index is 0.249. The van der Waals surface area contributed by atoms with E-state index in [0.29, 0.717) is 5.92 Å². The molecule has 1 aromatic heterocycles. The highest BCUT2D eigenvalue weighted by atomic mass is 15.2. The van der Waals surface area contributed by atoms with Gasteiger partial charge in [0.05, 0.1) is 16.7 Å². The average Bonchev–Trinajstić information content (AvgIpc) is 2.87. The summed E-state index contributed by atoms with van der Waals surface area (Å²) in [5.41, 5.74) is 8.94. The lowest BCUT2D eigenvalue weighted by Crippen LogP contribution is -2.30. The minimum absolute atomic E-state index is 0.249. The van der Waals surface area contributed by atoms with Crippen molar-refractivity contribution in [1.29, 1.82) is 0 Å². The monoisotopic (exact) mass is 256 g/mol. The molecule has 1 aliphatic heterocycles. The molecule has 1 aromatic carbocycles. The van der Waals surface area contributed by atoms with Crippen LogP contribution in [-0.2, 0) is 0 Å². The van der Waals surface area contributed by atoms with Gasteiger partial charge in [-0.15, -0.1) is 0 Å². The summed E-state index contributed by atoms with van der Waals surface area (Å²) in [4.78, 5) is 11.8. The van der Waals surface area contributed by atoms with Gasteiger partial charge in [0.25, 0.3) is 0 Å². The van der Waals surface area contributed by atoms with Crippen molar-refractivity contribution in [2.24, 2.45) is 11.7 Å². The number of anilines is 1. The van der Waals surface area contributed by atoms with Crippen LogP contribution in [0.3, 0.4) is 0 Å². The van der Waals surface area contributed by atoms with Crippen LogP contribution in [0.25, 0.3) is 11.0 Å². The van der Waals surface area contributed by atoms with E-state index < -0.39 is 0 Å². The second kappa shape index (κ2) is 4.78. The van der Waals surface area contributed by atoms with E-state index in [1.165, 1.54) is 0 Å². The lowest BCUT2D eigenvalue weighted by Gasteiger charge is -2.20.